The topological polar surface area (TPSA) is 44.5 Å². The molecule has 1 unspecified atom stereocenters. The van der Waals surface area contributed by atoms with Gasteiger partial charge in [0.25, 0.3) is 0 Å². The van der Waals surface area contributed by atoms with Crippen LogP contribution in [0.3, 0.4) is 0 Å². The Morgan fingerprint density at radius 3 is 1.80 bits per heavy atom. The van der Waals surface area contributed by atoms with Gasteiger partial charge in [0, 0.05) is 6.61 Å². The Kier molecular flexibility index (Phi) is 19.3. The second-order valence-electron chi connectivity index (χ2n) is 8.67. The predicted molar refractivity (Wildman–Crippen MR) is 130 cm³/mol. The van der Waals surface area contributed by atoms with Crippen LogP contribution >= 0.6 is 0 Å². The summed E-state index contributed by atoms with van der Waals surface area (Å²) in [4.78, 5) is 0. The first-order chi connectivity index (χ1) is 14.9. The number of hydrogen-bond acceptors (Lipinski definition) is 3. The minimum absolute atomic E-state index is 0.0989. The van der Waals surface area contributed by atoms with Gasteiger partial charge in [0.05, 0.1) is 19.3 Å². The average Bonchev–Trinajstić information content (AvgIpc) is 2.77. The molecule has 3 nitrogen and oxygen atoms in total. The van der Waals surface area contributed by atoms with E-state index in [0.29, 0.717) is 19.8 Å². The zero-order chi connectivity index (χ0) is 21.5. The van der Waals surface area contributed by atoms with E-state index >= 15 is 0 Å². The molecule has 0 saturated carbocycles. The van der Waals surface area contributed by atoms with Gasteiger partial charge in [0.1, 0.15) is 0 Å². The lowest BCUT2D eigenvalue weighted by Gasteiger charge is -2.17. The van der Waals surface area contributed by atoms with Crippen molar-refractivity contribution in [2.75, 3.05) is 19.8 Å². The van der Waals surface area contributed by atoms with Crippen LogP contribution in [-0.2, 0) is 16.1 Å². The molecule has 0 aromatic heterocycles. The Balaban J connectivity index is 1.86. The van der Waals surface area contributed by atoms with Gasteiger partial charge in [-0.25, -0.2) is 0 Å². The number of unbranched alkanes of at least 4 members (excludes halogenated alkanes) is 13. The third kappa shape index (κ3) is 16.8. The first kappa shape index (κ1) is 27.1. The molecule has 0 aliphatic heterocycles. The van der Waals surface area contributed by atoms with Crippen LogP contribution in [0.5, 0.6) is 0 Å². The molecule has 1 aromatic carbocycles. The van der Waals surface area contributed by atoms with Gasteiger partial charge in [-0.2, -0.15) is 0 Å². The van der Waals surface area contributed by atoms with Crippen LogP contribution in [0.15, 0.2) is 30.3 Å². The zero-order valence-electron chi connectivity index (χ0n) is 19.8. The Hall–Kier alpha value is -0.900. The van der Waals surface area contributed by atoms with Crippen LogP contribution in [-0.4, -0.2) is 25.9 Å². The smallest absolute Gasteiger partial charge is 0.0825 e. The van der Waals surface area contributed by atoms with Crippen molar-refractivity contribution in [3.05, 3.63) is 35.9 Å². The largest absolute Gasteiger partial charge is 0.379 e. The lowest BCUT2D eigenvalue weighted by atomic mass is 10.0. The van der Waals surface area contributed by atoms with E-state index in [4.69, 9.17) is 15.2 Å². The van der Waals surface area contributed by atoms with Crippen molar-refractivity contribution in [2.45, 2.75) is 116 Å². The summed E-state index contributed by atoms with van der Waals surface area (Å²) in [7, 11) is 0. The van der Waals surface area contributed by atoms with Crippen molar-refractivity contribution in [2.24, 2.45) is 5.73 Å². The molecule has 0 aliphatic carbocycles. The average molecular weight is 420 g/mol. The quantitative estimate of drug-likeness (QED) is 0.199. The van der Waals surface area contributed by atoms with Gasteiger partial charge in [0.15, 0.2) is 0 Å². The van der Waals surface area contributed by atoms with Crippen molar-refractivity contribution in [1.82, 2.24) is 0 Å². The molecule has 0 heterocycles. The van der Waals surface area contributed by atoms with E-state index in [0.717, 1.165) is 19.4 Å². The molecule has 0 radical (unpaired) electrons. The maximum absolute atomic E-state index is 5.99. The Bertz CT molecular complexity index is 451. The van der Waals surface area contributed by atoms with Crippen LogP contribution in [0, 0.1) is 0 Å². The van der Waals surface area contributed by atoms with Crippen molar-refractivity contribution in [1.29, 1.82) is 0 Å². The zero-order valence-corrected chi connectivity index (χ0v) is 19.8. The highest BCUT2D eigenvalue weighted by Crippen LogP contribution is 2.13. The molecule has 2 N–H and O–H groups in total. The van der Waals surface area contributed by atoms with Crippen LogP contribution in [0.1, 0.15) is 109 Å². The van der Waals surface area contributed by atoms with E-state index < -0.39 is 0 Å². The molecule has 3 heteroatoms. The summed E-state index contributed by atoms with van der Waals surface area (Å²) in [6.07, 6.45) is 20.4. The molecular formula is C27H49NO2. The summed E-state index contributed by atoms with van der Waals surface area (Å²) in [5.74, 6) is 0. The molecule has 1 atom stereocenters. The Morgan fingerprint density at radius 2 is 1.27 bits per heavy atom. The number of rotatable bonds is 22. The number of nitrogens with two attached hydrogens (primary N) is 1. The molecule has 30 heavy (non-hydrogen) atoms. The van der Waals surface area contributed by atoms with Crippen molar-refractivity contribution >= 4 is 0 Å². The van der Waals surface area contributed by atoms with Gasteiger partial charge in [-0.1, -0.05) is 121 Å². The van der Waals surface area contributed by atoms with Gasteiger partial charge in [-0.3, -0.25) is 0 Å². The number of hydrogen-bond donors (Lipinski definition) is 1. The lowest BCUT2D eigenvalue weighted by Crippen LogP contribution is -2.23. The number of ether oxygens (including phenoxy) is 2. The van der Waals surface area contributed by atoms with E-state index in [1.165, 1.54) is 89.0 Å². The molecule has 0 bridgehead atoms. The third-order valence-corrected chi connectivity index (χ3v) is 5.76. The fourth-order valence-corrected chi connectivity index (χ4v) is 3.80. The van der Waals surface area contributed by atoms with Crippen LogP contribution in [0.4, 0.5) is 0 Å². The molecule has 0 spiro atoms. The van der Waals surface area contributed by atoms with Gasteiger partial charge >= 0.3 is 0 Å². The highest BCUT2D eigenvalue weighted by atomic mass is 16.5. The van der Waals surface area contributed by atoms with Crippen molar-refractivity contribution in [3.63, 3.8) is 0 Å². The standard InChI is InChI=1S/C27H49NO2/c1-2-3-4-5-6-7-8-9-10-11-12-13-14-18-23-29-25-27(21-22-28)30-24-26-19-16-15-17-20-26/h15-17,19-20,27H,2-14,18,21-25,28H2,1H3. The number of benzene rings is 1. The maximum atomic E-state index is 5.99. The Labute approximate surface area is 187 Å². The summed E-state index contributed by atoms with van der Waals surface area (Å²) in [5, 5.41) is 0. The predicted octanol–water partition coefficient (Wildman–Crippen LogP) is 7.42. The van der Waals surface area contributed by atoms with Gasteiger partial charge < -0.3 is 15.2 Å². The maximum Gasteiger partial charge on any atom is 0.0825 e. The summed E-state index contributed by atoms with van der Waals surface area (Å²) in [6.45, 7) is 5.06. The molecule has 0 saturated heterocycles. The summed E-state index contributed by atoms with van der Waals surface area (Å²) in [5.41, 5.74) is 6.92. The molecule has 1 aromatic rings. The molecule has 0 amide bonds. The van der Waals surface area contributed by atoms with Gasteiger partial charge in [0.2, 0.25) is 0 Å². The van der Waals surface area contributed by atoms with Gasteiger partial charge in [-0.05, 0) is 24.9 Å². The SMILES string of the molecule is CCCCCCCCCCCCCCCCOCC(CCN)OCc1ccccc1. The highest BCUT2D eigenvalue weighted by molar-refractivity contribution is 5.13. The third-order valence-electron chi connectivity index (χ3n) is 5.76. The van der Waals surface area contributed by atoms with E-state index in [-0.39, 0.29) is 6.10 Å². The molecular weight excluding hydrogens is 370 g/mol. The minimum atomic E-state index is 0.0989. The second kappa shape index (κ2) is 21.3. The molecule has 0 aliphatic rings. The molecule has 0 fully saturated rings. The van der Waals surface area contributed by atoms with Crippen LogP contribution < -0.4 is 5.73 Å². The van der Waals surface area contributed by atoms with E-state index in [2.05, 4.69) is 19.1 Å². The summed E-state index contributed by atoms with van der Waals surface area (Å²) in [6, 6.07) is 10.3. The normalized spacial score (nSPS) is 12.3. The minimum Gasteiger partial charge on any atom is -0.379 e. The van der Waals surface area contributed by atoms with Crippen LogP contribution in [0.25, 0.3) is 0 Å². The summed E-state index contributed by atoms with van der Waals surface area (Å²) >= 11 is 0. The van der Waals surface area contributed by atoms with Crippen molar-refractivity contribution in [3.8, 4) is 0 Å². The molecule has 174 valence electrons. The second-order valence-corrected chi connectivity index (χ2v) is 8.67. The summed E-state index contributed by atoms with van der Waals surface area (Å²) < 4.78 is 11.9. The molecule has 1 rings (SSSR count). The monoisotopic (exact) mass is 419 g/mol. The fourth-order valence-electron chi connectivity index (χ4n) is 3.80. The van der Waals surface area contributed by atoms with Crippen LogP contribution in [0.2, 0.25) is 0 Å². The van der Waals surface area contributed by atoms with E-state index in [1.54, 1.807) is 0 Å². The first-order valence-corrected chi connectivity index (χ1v) is 12.8. The van der Waals surface area contributed by atoms with Crippen molar-refractivity contribution < 1.29 is 9.47 Å². The highest BCUT2D eigenvalue weighted by Gasteiger charge is 2.09. The van der Waals surface area contributed by atoms with Gasteiger partial charge in [-0.15, -0.1) is 0 Å². The van der Waals surface area contributed by atoms with E-state index in [1.807, 2.05) is 18.2 Å². The Morgan fingerprint density at radius 1 is 0.733 bits per heavy atom. The van der Waals surface area contributed by atoms with E-state index in [9.17, 15) is 0 Å². The lowest BCUT2D eigenvalue weighted by molar-refractivity contribution is -0.0280. The fraction of sp³-hybridized carbons (Fsp3) is 0.778. The first-order valence-electron chi connectivity index (χ1n) is 12.8.